The number of benzene rings is 1. The Morgan fingerprint density at radius 1 is 1.03 bits per heavy atom. The molecule has 0 atom stereocenters. The van der Waals surface area contributed by atoms with Gasteiger partial charge in [0, 0.05) is 32.2 Å². The smallest absolute Gasteiger partial charge is 0.286 e. The molecule has 13 nitrogen and oxygen atoms in total. The maximum atomic E-state index is 13.1. The highest BCUT2D eigenvalue weighted by molar-refractivity contribution is 5.99. The Hall–Kier alpha value is -4.29. The first kappa shape index (κ1) is 21.0. The number of amides is 1. The van der Waals surface area contributed by atoms with Crippen LogP contribution in [0.2, 0.25) is 0 Å². The van der Waals surface area contributed by atoms with Gasteiger partial charge in [0.05, 0.1) is 25.2 Å². The minimum absolute atomic E-state index is 0.0434. The van der Waals surface area contributed by atoms with Gasteiger partial charge in [-0.25, -0.2) is 9.67 Å². The van der Waals surface area contributed by atoms with Crippen molar-refractivity contribution in [3.05, 3.63) is 52.6 Å². The first-order valence-corrected chi connectivity index (χ1v) is 9.65. The third-order valence-corrected chi connectivity index (χ3v) is 5.11. The van der Waals surface area contributed by atoms with E-state index in [0.29, 0.717) is 37.8 Å². The number of nitrogens with zero attached hydrogens (tertiary/aromatic N) is 8. The summed E-state index contributed by atoms with van der Waals surface area (Å²) < 4.78 is 11.8. The molecule has 0 radical (unpaired) electrons. The molecule has 0 spiro atoms. The number of carbonyl (C=O) groups is 1. The van der Waals surface area contributed by atoms with E-state index < -0.39 is 10.8 Å². The van der Waals surface area contributed by atoms with Gasteiger partial charge in [0.15, 0.2) is 23.1 Å². The molecular weight excluding hydrogens is 420 g/mol. The van der Waals surface area contributed by atoms with Crippen molar-refractivity contribution in [1.82, 2.24) is 29.9 Å². The van der Waals surface area contributed by atoms with Crippen LogP contribution in [0.25, 0.3) is 5.82 Å². The topological polar surface area (TPSA) is 142 Å². The van der Waals surface area contributed by atoms with Crippen LogP contribution in [-0.2, 0) is 0 Å². The Labute approximate surface area is 182 Å². The molecule has 0 unspecified atom stereocenters. The Morgan fingerprint density at radius 2 is 1.69 bits per heavy atom. The number of methoxy groups -OCH3 is 2. The molecule has 1 saturated heterocycles. The summed E-state index contributed by atoms with van der Waals surface area (Å²) in [4.78, 5) is 31.4. The van der Waals surface area contributed by atoms with Crippen LogP contribution in [0.3, 0.4) is 0 Å². The number of ether oxygens (including phenoxy) is 2. The average molecular weight is 440 g/mol. The fourth-order valence-corrected chi connectivity index (χ4v) is 3.44. The molecule has 3 aromatic rings. The van der Waals surface area contributed by atoms with E-state index in [1.807, 2.05) is 11.0 Å². The number of nitro groups is 1. The van der Waals surface area contributed by atoms with Crippen LogP contribution in [0.5, 0.6) is 11.5 Å². The minimum Gasteiger partial charge on any atom is -0.493 e. The Bertz CT molecular complexity index is 1110. The van der Waals surface area contributed by atoms with E-state index in [1.54, 1.807) is 11.0 Å². The molecule has 0 N–H and O–H groups in total. The lowest BCUT2D eigenvalue weighted by Crippen LogP contribution is -2.49. The summed E-state index contributed by atoms with van der Waals surface area (Å²) in [5.74, 6) is 1.21. The fraction of sp³-hybridized carbons (Fsp3) is 0.316. The van der Waals surface area contributed by atoms with E-state index in [1.165, 1.54) is 43.7 Å². The second-order valence-corrected chi connectivity index (χ2v) is 6.85. The van der Waals surface area contributed by atoms with Crippen LogP contribution in [0.15, 0.2) is 36.9 Å². The third kappa shape index (κ3) is 3.99. The van der Waals surface area contributed by atoms with Gasteiger partial charge in [0.2, 0.25) is 0 Å². The maximum Gasteiger partial charge on any atom is 0.286 e. The van der Waals surface area contributed by atoms with E-state index >= 15 is 0 Å². The van der Waals surface area contributed by atoms with Crippen LogP contribution < -0.4 is 14.4 Å². The third-order valence-electron chi connectivity index (χ3n) is 5.11. The monoisotopic (exact) mass is 440 g/mol. The van der Waals surface area contributed by atoms with Crippen molar-refractivity contribution in [2.24, 2.45) is 0 Å². The standard InChI is InChI=1S/C19H20N8O5/c1-31-15-9-13(14(27(29)30)10-16(15)32-2)19(28)25-7-5-24(6-8-25)17-3-4-18(23-22-17)26-12-20-11-21-26/h3-4,9-12H,5-8H2,1-2H3. The number of carbonyl (C=O) groups excluding carboxylic acids is 1. The summed E-state index contributed by atoms with van der Waals surface area (Å²) in [6, 6.07) is 6.15. The number of nitro benzene ring substituents is 1. The molecule has 3 heterocycles. The van der Waals surface area contributed by atoms with Gasteiger partial charge in [-0.3, -0.25) is 14.9 Å². The molecule has 0 bridgehead atoms. The second kappa shape index (κ2) is 8.83. The number of hydrogen-bond acceptors (Lipinski definition) is 10. The molecule has 32 heavy (non-hydrogen) atoms. The molecule has 1 aromatic carbocycles. The lowest BCUT2D eigenvalue weighted by Gasteiger charge is -2.35. The van der Waals surface area contributed by atoms with Crippen molar-refractivity contribution in [1.29, 1.82) is 0 Å². The van der Waals surface area contributed by atoms with Gasteiger partial charge in [-0.1, -0.05) is 0 Å². The van der Waals surface area contributed by atoms with Crippen molar-refractivity contribution >= 4 is 17.4 Å². The Morgan fingerprint density at radius 3 is 2.25 bits per heavy atom. The number of aromatic nitrogens is 5. The number of piperazine rings is 1. The summed E-state index contributed by atoms with van der Waals surface area (Å²) in [6.45, 7) is 1.75. The van der Waals surface area contributed by atoms with E-state index in [4.69, 9.17) is 9.47 Å². The van der Waals surface area contributed by atoms with Gasteiger partial charge in [-0.15, -0.1) is 10.2 Å². The van der Waals surface area contributed by atoms with E-state index in [0.717, 1.165) is 0 Å². The number of hydrogen-bond donors (Lipinski definition) is 0. The van der Waals surface area contributed by atoms with Gasteiger partial charge in [0.25, 0.3) is 11.6 Å². The summed E-state index contributed by atoms with van der Waals surface area (Å²) in [7, 11) is 2.79. The van der Waals surface area contributed by atoms with Crippen molar-refractivity contribution in [2.45, 2.75) is 0 Å². The molecule has 1 aliphatic heterocycles. The molecule has 2 aromatic heterocycles. The van der Waals surface area contributed by atoms with Gasteiger partial charge in [0.1, 0.15) is 18.2 Å². The van der Waals surface area contributed by atoms with Crippen molar-refractivity contribution in [2.75, 3.05) is 45.3 Å². The largest absolute Gasteiger partial charge is 0.493 e. The summed E-state index contributed by atoms with van der Waals surface area (Å²) in [5, 5.41) is 23.9. The van der Waals surface area contributed by atoms with Gasteiger partial charge in [-0.05, 0) is 12.1 Å². The predicted octanol–water partition coefficient (Wildman–Crippen LogP) is 0.945. The number of rotatable bonds is 6. The Balaban J connectivity index is 1.47. The molecule has 1 aliphatic rings. The van der Waals surface area contributed by atoms with E-state index in [2.05, 4.69) is 20.3 Å². The molecule has 1 fully saturated rings. The fourth-order valence-electron chi connectivity index (χ4n) is 3.44. The van der Waals surface area contributed by atoms with E-state index in [9.17, 15) is 14.9 Å². The first-order valence-electron chi connectivity index (χ1n) is 9.65. The molecule has 0 aliphatic carbocycles. The van der Waals surface area contributed by atoms with Crippen molar-refractivity contribution < 1.29 is 19.2 Å². The average Bonchev–Trinajstić information content (AvgIpc) is 3.38. The Kier molecular flexibility index (Phi) is 5.79. The zero-order chi connectivity index (χ0) is 22.7. The number of anilines is 1. The SMILES string of the molecule is COc1cc(C(=O)N2CCN(c3ccc(-n4cncn4)nn3)CC2)c([N+](=O)[O-])cc1OC. The maximum absolute atomic E-state index is 13.1. The van der Waals surface area contributed by atoms with Crippen LogP contribution in [0.1, 0.15) is 10.4 Å². The van der Waals surface area contributed by atoms with E-state index in [-0.39, 0.29) is 22.7 Å². The predicted molar refractivity (Wildman–Crippen MR) is 111 cm³/mol. The van der Waals surface area contributed by atoms with Crippen LogP contribution >= 0.6 is 0 Å². The summed E-state index contributed by atoms with van der Waals surface area (Å²) in [6.07, 6.45) is 2.94. The van der Waals surface area contributed by atoms with Crippen LogP contribution in [0, 0.1) is 10.1 Å². The molecule has 13 heteroatoms. The lowest BCUT2D eigenvalue weighted by atomic mass is 10.1. The second-order valence-electron chi connectivity index (χ2n) is 6.85. The normalized spacial score (nSPS) is 13.7. The molecule has 4 rings (SSSR count). The first-order chi connectivity index (χ1) is 15.5. The summed E-state index contributed by atoms with van der Waals surface area (Å²) in [5.41, 5.74) is -0.372. The highest BCUT2D eigenvalue weighted by Crippen LogP contribution is 2.35. The highest BCUT2D eigenvalue weighted by atomic mass is 16.6. The van der Waals surface area contributed by atoms with Crippen LogP contribution in [0.4, 0.5) is 11.5 Å². The van der Waals surface area contributed by atoms with Gasteiger partial charge in [-0.2, -0.15) is 5.10 Å². The van der Waals surface area contributed by atoms with Crippen LogP contribution in [-0.4, -0.2) is 81.1 Å². The molecule has 1 amide bonds. The molecule has 166 valence electrons. The molecule has 0 saturated carbocycles. The zero-order valence-electron chi connectivity index (χ0n) is 17.4. The minimum atomic E-state index is -0.599. The lowest BCUT2D eigenvalue weighted by molar-refractivity contribution is -0.385. The van der Waals surface area contributed by atoms with Crippen molar-refractivity contribution in [3.8, 4) is 17.3 Å². The van der Waals surface area contributed by atoms with Gasteiger partial charge < -0.3 is 19.3 Å². The summed E-state index contributed by atoms with van der Waals surface area (Å²) >= 11 is 0. The quantitative estimate of drug-likeness (QED) is 0.401. The van der Waals surface area contributed by atoms with Crippen molar-refractivity contribution in [3.63, 3.8) is 0 Å². The van der Waals surface area contributed by atoms with Gasteiger partial charge >= 0.3 is 0 Å². The highest BCUT2D eigenvalue weighted by Gasteiger charge is 2.30. The molecular formula is C19H20N8O5. The zero-order valence-corrected chi connectivity index (χ0v) is 17.4.